The molecule has 0 saturated carbocycles. The lowest BCUT2D eigenvalue weighted by Gasteiger charge is -2.35. The van der Waals surface area contributed by atoms with E-state index in [4.69, 9.17) is 0 Å². The molecule has 3 rings (SSSR count). The molecule has 2 aromatic rings. The number of aryl methyl sites for hydroxylation is 2. The summed E-state index contributed by atoms with van der Waals surface area (Å²) in [6.45, 7) is 8.57. The fourth-order valence-electron chi connectivity index (χ4n) is 3.27. The minimum atomic E-state index is 0.643. The Balaban J connectivity index is 1.44. The van der Waals surface area contributed by atoms with Crippen LogP contribution in [-0.4, -0.2) is 35.2 Å². The summed E-state index contributed by atoms with van der Waals surface area (Å²) >= 11 is 0. The molecule has 2 heterocycles. The van der Waals surface area contributed by atoms with Crippen LogP contribution < -0.4 is 10.2 Å². The number of anilines is 1. The molecule has 4 heteroatoms. The summed E-state index contributed by atoms with van der Waals surface area (Å²) < 4.78 is 2.20. The van der Waals surface area contributed by atoms with Gasteiger partial charge in [-0.25, -0.2) is 4.98 Å². The van der Waals surface area contributed by atoms with E-state index in [9.17, 15) is 0 Å². The Hall–Kier alpha value is -1.81. The topological polar surface area (TPSA) is 33.1 Å². The normalized spacial score (nSPS) is 16.2. The number of piperidine rings is 1. The molecule has 0 bridgehead atoms. The largest absolute Gasteiger partial charge is 0.371 e. The van der Waals surface area contributed by atoms with Crippen LogP contribution in [0.25, 0.3) is 0 Å². The highest BCUT2D eigenvalue weighted by molar-refractivity contribution is 5.53. The number of aromatic nitrogens is 2. The number of nitrogens with zero attached hydrogens (tertiary/aromatic N) is 3. The van der Waals surface area contributed by atoms with Gasteiger partial charge in [-0.2, -0.15) is 0 Å². The van der Waals surface area contributed by atoms with Crippen molar-refractivity contribution < 1.29 is 0 Å². The Kier molecular flexibility index (Phi) is 4.78. The van der Waals surface area contributed by atoms with E-state index in [0.29, 0.717) is 6.04 Å². The number of hydrogen-bond acceptors (Lipinski definition) is 3. The van der Waals surface area contributed by atoms with Crippen LogP contribution in [0.15, 0.2) is 36.7 Å². The molecule has 4 nitrogen and oxygen atoms in total. The molecule has 0 aliphatic carbocycles. The summed E-state index contributed by atoms with van der Waals surface area (Å²) in [5.41, 5.74) is 2.78. The third-order valence-corrected chi connectivity index (χ3v) is 4.66. The third kappa shape index (κ3) is 3.50. The molecule has 0 atom stereocenters. The van der Waals surface area contributed by atoms with Gasteiger partial charge in [-0.1, -0.05) is 18.2 Å². The van der Waals surface area contributed by atoms with E-state index in [-0.39, 0.29) is 0 Å². The van der Waals surface area contributed by atoms with Gasteiger partial charge in [0.05, 0.1) is 0 Å². The van der Waals surface area contributed by atoms with Crippen LogP contribution in [0.1, 0.15) is 24.2 Å². The monoisotopic (exact) mass is 298 g/mol. The number of rotatable bonds is 5. The molecule has 1 aliphatic heterocycles. The van der Waals surface area contributed by atoms with Crippen LogP contribution in [0.3, 0.4) is 0 Å². The number of benzene rings is 1. The third-order valence-electron chi connectivity index (χ3n) is 4.66. The molecule has 0 unspecified atom stereocenters. The van der Waals surface area contributed by atoms with Crippen molar-refractivity contribution in [3.8, 4) is 0 Å². The molecular formula is C18H26N4. The lowest BCUT2D eigenvalue weighted by molar-refractivity contribution is 0.405. The van der Waals surface area contributed by atoms with Gasteiger partial charge in [0.2, 0.25) is 0 Å². The number of nitrogens with one attached hydrogen (secondary N) is 1. The second-order valence-electron chi connectivity index (χ2n) is 6.17. The zero-order valence-electron chi connectivity index (χ0n) is 13.6. The van der Waals surface area contributed by atoms with Crippen LogP contribution in [-0.2, 0) is 6.54 Å². The van der Waals surface area contributed by atoms with Crippen LogP contribution in [0.5, 0.6) is 0 Å². The fraction of sp³-hybridized carbons (Fsp3) is 0.500. The van der Waals surface area contributed by atoms with E-state index in [0.717, 1.165) is 32.0 Å². The van der Waals surface area contributed by atoms with E-state index >= 15 is 0 Å². The predicted octanol–water partition coefficient (Wildman–Crippen LogP) is 2.76. The number of hydrogen-bond donors (Lipinski definition) is 1. The summed E-state index contributed by atoms with van der Waals surface area (Å²) in [6, 6.07) is 9.34. The summed E-state index contributed by atoms with van der Waals surface area (Å²) in [5.74, 6) is 1.09. The predicted molar refractivity (Wildman–Crippen MR) is 91.4 cm³/mol. The molecule has 1 aliphatic rings. The highest BCUT2D eigenvalue weighted by atomic mass is 15.2. The summed E-state index contributed by atoms with van der Waals surface area (Å²) in [6.07, 6.45) is 6.36. The van der Waals surface area contributed by atoms with Gasteiger partial charge >= 0.3 is 0 Å². The first-order valence-corrected chi connectivity index (χ1v) is 8.26. The maximum atomic E-state index is 4.26. The number of imidazole rings is 1. The van der Waals surface area contributed by atoms with Crippen molar-refractivity contribution in [2.75, 3.05) is 24.5 Å². The first-order chi connectivity index (χ1) is 10.7. The zero-order chi connectivity index (χ0) is 15.4. The van der Waals surface area contributed by atoms with E-state index in [1.807, 2.05) is 6.20 Å². The average molecular weight is 298 g/mol. The molecule has 1 fully saturated rings. The van der Waals surface area contributed by atoms with Crippen molar-refractivity contribution in [3.63, 3.8) is 0 Å². The Morgan fingerprint density at radius 1 is 1.18 bits per heavy atom. The molecular weight excluding hydrogens is 272 g/mol. The smallest absolute Gasteiger partial charge is 0.105 e. The van der Waals surface area contributed by atoms with Gasteiger partial charge < -0.3 is 14.8 Å². The van der Waals surface area contributed by atoms with Gasteiger partial charge in [0.1, 0.15) is 5.82 Å². The van der Waals surface area contributed by atoms with Crippen LogP contribution in [0, 0.1) is 13.8 Å². The summed E-state index contributed by atoms with van der Waals surface area (Å²) in [7, 11) is 0. The molecule has 1 saturated heterocycles. The molecule has 118 valence electrons. The fourth-order valence-corrected chi connectivity index (χ4v) is 3.27. The second-order valence-corrected chi connectivity index (χ2v) is 6.17. The second kappa shape index (κ2) is 6.97. The molecule has 1 aromatic heterocycles. The highest BCUT2D eigenvalue weighted by Crippen LogP contribution is 2.23. The summed E-state index contributed by atoms with van der Waals surface area (Å²) in [5, 5.41) is 3.70. The van der Waals surface area contributed by atoms with Gasteiger partial charge in [-0.05, 0) is 38.3 Å². The standard InChI is InChI=1S/C18H26N4/c1-15-5-3-4-6-18(15)22-11-7-17(8-12-22)20-10-14-21-13-9-19-16(21)2/h3-6,9,13,17,20H,7-8,10-12,14H2,1-2H3. The Morgan fingerprint density at radius 3 is 2.64 bits per heavy atom. The zero-order valence-corrected chi connectivity index (χ0v) is 13.6. The molecule has 1 N–H and O–H groups in total. The SMILES string of the molecule is Cc1ccccc1N1CCC(NCCn2ccnc2C)CC1. The van der Waals surface area contributed by atoms with Crippen molar-refractivity contribution in [3.05, 3.63) is 48.0 Å². The van der Waals surface area contributed by atoms with E-state index in [2.05, 4.69) is 64.1 Å². The lowest BCUT2D eigenvalue weighted by atomic mass is 10.0. The van der Waals surface area contributed by atoms with Crippen molar-refractivity contribution >= 4 is 5.69 Å². The molecule has 22 heavy (non-hydrogen) atoms. The minimum absolute atomic E-state index is 0.643. The Morgan fingerprint density at radius 2 is 1.95 bits per heavy atom. The maximum absolute atomic E-state index is 4.26. The van der Waals surface area contributed by atoms with Gasteiger partial charge in [-0.3, -0.25) is 0 Å². The van der Waals surface area contributed by atoms with Crippen LogP contribution in [0.2, 0.25) is 0 Å². The first kappa shape index (κ1) is 15.1. The van der Waals surface area contributed by atoms with E-state index in [1.165, 1.54) is 24.1 Å². The average Bonchev–Trinajstić information content (AvgIpc) is 2.94. The van der Waals surface area contributed by atoms with Crippen LogP contribution >= 0.6 is 0 Å². The van der Waals surface area contributed by atoms with E-state index in [1.54, 1.807) is 0 Å². The van der Waals surface area contributed by atoms with Crippen molar-refractivity contribution in [1.29, 1.82) is 0 Å². The van der Waals surface area contributed by atoms with E-state index < -0.39 is 0 Å². The number of para-hydroxylation sites is 1. The Labute approximate surface area is 133 Å². The summed E-state index contributed by atoms with van der Waals surface area (Å²) in [4.78, 5) is 6.78. The molecule has 1 aromatic carbocycles. The Bertz CT molecular complexity index is 597. The quantitative estimate of drug-likeness (QED) is 0.921. The van der Waals surface area contributed by atoms with Gasteiger partial charge in [0.25, 0.3) is 0 Å². The van der Waals surface area contributed by atoms with Crippen molar-refractivity contribution in [2.24, 2.45) is 0 Å². The van der Waals surface area contributed by atoms with Crippen molar-refractivity contribution in [2.45, 2.75) is 39.3 Å². The van der Waals surface area contributed by atoms with Gasteiger partial charge in [0.15, 0.2) is 0 Å². The van der Waals surface area contributed by atoms with Crippen molar-refractivity contribution in [1.82, 2.24) is 14.9 Å². The lowest BCUT2D eigenvalue weighted by Crippen LogP contribution is -2.43. The van der Waals surface area contributed by atoms with Gasteiger partial charge in [-0.15, -0.1) is 0 Å². The minimum Gasteiger partial charge on any atom is -0.371 e. The van der Waals surface area contributed by atoms with Gasteiger partial charge in [0, 0.05) is 50.3 Å². The van der Waals surface area contributed by atoms with Crippen LogP contribution in [0.4, 0.5) is 5.69 Å². The molecule has 0 amide bonds. The molecule has 0 spiro atoms. The maximum Gasteiger partial charge on any atom is 0.105 e. The highest BCUT2D eigenvalue weighted by Gasteiger charge is 2.19. The first-order valence-electron chi connectivity index (χ1n) is 8.26. The molecule has 0 radical (unpaired) electrons.